The van der Waals surface area contributed by atoms with Crippen LogP contribution in [-0.4, -0.2) is 18.5 Å². The zero-order valence-electron chi connectivity index (χ0n) is 12.7. The Morgan fingerprint density at radius 2 is 2.10 bits per heavy atom. The largest absolute Gasteiger partial charge is 0.497 e. The van der Waals surface area contributed by atoms with E-state index >= 15 is 0 Å². The molecule has 110 valence electrons. The van der Waals surface area contributed by atoms with Crippen molar-refractivity contribution in [3.63, 3.8) is 0 Å². The van der Waals surface area contributed by atoms with Crippen molar-refractivity contribution in [2.24, 2.45) is 0 Å². The van der Waals surface area contributed by atoms with Crippen LogP contribution in [0.25, 0.3) is 0 Å². The second-order valence-corrected chi connectivity index (χ2v) is 5.82. The highest BCUT2D eigenvalue weighted by Gasteiger charge is 2.36. The number of ketones is 1. The number of methoxy groups -OCH3 is 1. The summed E-state index contributed by atoms with van der Waals surface area (Å²) in [5.74, 6) is 1.57. The highest BCUT2D eigenvalue weighted by molar-refractivity contribution is 6.00. The van der Waals surface area contributed by atoms with Gasteiger partial charge in [-0.25, -0.2) is 0 Å². The van der Waals surface area contributed by atoms with Crippen molar-refractivity contribution in [2.45, 2.75) is 58.0 Å². The van der Waals surface area contributed by atoms with Crippen LogP contribution in [-0.2, 0) is 0 Å². The van der Waals surface area contributed by atoms with Gasteiger partial charge in [-0.05, 0) is 31.9 Å². The summed E-state index contributed by atoms with van der Waals surface area (Å²) in [6, 6.07) is 5.42. The lowest BCUT2D eigenvalue weighted by molar-refractivity contribution is 0.0451. The normalized spacial score (nSPS) is 21.2. The van der Waals surface area contributed by atoms with Gasteiger partial charge in [-0.1, -0.05) is 26.2 Å². The van der Waals surface area contributed by atoms with E-state index in [-0.39, 0.29) is 11.4 Å². The minimum Gasteiger partial charge on any atom is -0.497 e. The molecule has 1 unspecified atom stereocenters. The van der Waals surface area contributed by atoms with Crippen molar-refractivity contribution < 1.29 is 14.3 Å². The molecule has 0 radical (unpaired) electrons. The van der Waals surface area contributed by atoms with Gasteiger partial charge in [0.15, 0.2) is 5.78 Å². The smallest absolute Gasteiger partial charge is 0.170 e. The van der Waals surface area contributed by atoms with E-state index < -0.39 is 0 Å². The van der Waals surface area contributed by atoms with E-state index in [1.54, 1.807) is 13.2 Å². The molecule has 2 rings (SSSR count). The fourth-order valence-electron chi connectivity index (χ4n) is 2.75. The lowest BCUT2D eigenvalue weighted by atomic mass is 9.87. The quantitative estimate of drug-likeness (QED) is 0.723. The predicted octanol–water partition coefficient (Wildman–Crippen LogP) is 4.39. The third-order valence-corrected chi connectivity index (χ3v) is 3.94. The average molecular weight is 276 g/mol. The van der Waals surface area contributed by atoms with Crippen LogP contribution in [0.15, 0.2) is 18.2 Å². The van der Waals surface area contributed by atoms with E-state index in [1.165, 1.54) is 19.3 Å². The summed E-state index contributed by atoms with van der Waals surface area (Å²) < 4.78 is 11.3. The van der Waals surface area contributed by atoms with Crippen LogP contribution in [0.1, 0.15) is 62.7 Å². The second kappa shape index (κ2) is 6.29. The van der Waals surface area contributed by atoms with Gasteiger partial charge in [-0.2, -0.15) is 0 Å². The number of benzene rings is 1. The molecule has 1 atom stereocenters. The first-order chi connectivity index (χ1) is 9.58. The number of hydrogen-bond acceptors (Lipinski definition) is 3. The molecule has 1 aliphatic rings. The van der Waals surface area contributed by atoms with E-state index in [4.69, 9.17) is 9.47 Å². The van der Waals surface area contributed by atoms with Crippen molar-refractivity contribution >= 4 is 5.78 Å². The third kappa shape index (κ3) is 3.33. The average Bonchev–Trinajstić information content (AvgIpc) is 2.42. The molecule has 20 heavy (non-hydrogen) atoms. The Labute approximate surface area is 121 Å². The summed E-state index contributed by atoms with van der Waals surface area (Å²) in [5.41, 5.74) is 0.307. The molecule has 3 heteroatoms. The molecule has 0 fully saturated rings. The Kier molecular flexibility index (Phi) is 4.69. The standard InChI is InChI=1S/C17H24O3/c1-4-5-6-7-10-17(2)12-15(18)14-9-8-13(19-3)11-16(14)20-17/h8-9,11H,4-7,10,12H2,1-3H3. The summed E-state index contributed by atoms with van der Waals surface area (Å²) in [6.45, 7) is 4.24. The van der Waals surface area contributed by atoms with Crippen molar-refractivity contribution in [3.8, 4) is 11.5 Å². The molecular weight excluding hydrogens is 252 g/mol. The molecule has 1 aromatic rings. The molecule has 1 aromatic carbocycles. The van der Waals surface area contributed by atoms with Gasteiger partial charge >= 0.3 is 0 Å². The van der Waals surface area contributed by atoms with E-state index in [2.05, 4.69) is 6.92 Å². The monoisotopic (exact) mass is 276 g/mol. The zero-order valence-corrected chi connectivity index (χ0v) is 12.7. The maximum atomic E-state index is 12.3. The van der Waals surface area contributed by atoms with E-state index in [0.717, 1.165) is 18.6 Å². The van der Waals surface area contributed by atoms with Crippen LogP contribution in [0.4, 0.5) is 0 Å². The fourth-order valence-corrected chi connectivity index (χ4v) is 2.75. The van der Waals surface area contributed by atoms with Gasteiger partial charge < -0.3 is 9.47 Å². The van der Waals surface area contributed by atoms with Crippen LogP contribution in [0.3, 0.4) is 0 Å². The number of carbonyl (C=O) groups excluding carboxylic acids is 1. The molecular formula is C17H24O3. The van der Waals surface area contributed by atoms with E-state index in [0.29, 0.717) is 17.7 Å². The van der Waals surface area contributed by atoms with Crippen molar-refractivity contribution in [1.82, 2.24) is 0 Å². The van der Waals surface area contributed by atoms with Crippen molar-refractivity contribution in [3.05, 3.63) is 23.8 Å². The molecule has 1 heterocycles. The molecule has 1 aliphatic heterocycles. The number of ether oxygens (including phenoxy) is 2. The number of hydrogen-bond donors (Lipinski definition) is 0. The van der Waals surface area contributed by atoms with Crippen molar-refractivity contribution in [2.75, 3.05) is 7.11 Å². The highest BCUT2D eigenvalue weighted by Crippen LogP contribution is 2.37. The highest BCUT2D eigenvalue weighted by atomic mass is 16.5. The molecule has 3 nitrogen and oxygen atoms in total. The first-order valence-corrected chi connectivity index (χ1v) is 7.48. The van der Waals surface area contributed by atoms with Crippen molar-refractivity contribution in [1.29, 1.82) is 0 Å². The number of carbonyl (C=O) groups is 1. The maximum Gasteiger partial charge on any atom is 0.170 e. The van der Waals surface area contributed by atoms with Gasteiger partial charge in [-0.3, -0.25) is 4.79 Å². The molecule has 0 saturated carbocycles. The van der Waals surface area contributed by atoms with E-state index in [1.807, 2.05) is 19.1 Å². The first kappa shape index (κ1) is 14.9. The van der Waals surface area contributed by atoms with E-state index in [9.17, 15) is 4.79 Å². The third-order valence-electron chi connectivity index (χ3n) is 3.94. The minimum absolute atomic E-state index is 0.173. The topological polar surface area (TPSA) is 35.5 Å². The van der Waals surface area contributed by atoms with Gasteiger partial charge in [0.25, 0.3) is 0 Å². The minimum atomic E-state index is -0.371. The summed E-state index contributed by atoms with van der Waals surface area (Å²) in [4.78, 5) is 12.3. The van der Waals surface area contributed by atoms with Gasteiger partial charge in [-0.15, -0.1) is 0 Å². The van der Waals surface area contributed by atoms with Crippen LogP contribution < -0.4 is 9.47 Å². The second-order valence-electron chi connectivity index (χ2n) is 5.82. The fraction of sp³-hybridized carbons (Fsp3) is 0.588. The Bertz CT molecular complexity index is 481. The van der Waals surface area contributed by atoms with Gasteiger partial charge in [0.05, 0.1) is 19.1 Å². The SMILES string of the molecule is CCCCCCC1(C)CC(=O)c2ccc(OC)cc2O1. The molecule has 0 spiro atoms. The number of unbranched alkanes of at least 4 members (excludes halogenated alkanes) is 3. The first-order valence-electron chi connectivity index (χ1n) is 7.48. The Balaban J connectivity index is 2.10. The molecule has 0 bridgehead atoms. The molecule has 0 aromatic heterocycles. The summed E-state index contributed by atoms with van der Waals surface area (Å²) >= 11 is 0. The molecule has 0 amide bonds. The lowest BCUT2D eigenvalue weighted by Gasteiger charge is -2.35. The summed E-state index contributed by atoms with van der Waals surface area (Å²) in [7, 11) is 1.62. The molecule has 0 saturated heterocycles. The van der Waals surface area contributed by atoms with Crippen LogP contribution in [0.2, 0.25) is 0 Å². The van der Waals surface area contributed by atoms with Crippen LogP contribution in [0.5, 0.6) is 11.5 Å². The Morgan fingerprint density at radius 3 is 2.80 bits per heavy atom. The van der Waals surface area contributed by atoms with Crippen LogP contribution in [0, 0.1) is 0 Å². The molecule has 0 N–H and O–H groups in total. The lowest BCUT2D eigenvalue weighted by Crippen LogP contribution is -2.39. The number of Topliss-reactive ketones (excluding diaryl/α,β-unsaturated/α-hetero) is 1. The number of rotatable bonds is 6. The van der Waals surface area contributed by atoms with Crippen LogP contribution >= 0.6 is 0 Å². The zero-order chi connectivity index (χ0) is 14.6. The van der Waals surface area contributed by atoms with Gasteiger partial charge in [0.1, 0.15) is 17.1 Å². The van der Waals surface area contributed by atoms with Gasteiger partial charge in [0.2, 0.25) is 0 Å². The Hall–Kier alpha value is -1.51. The Morgan fingerprint density at radius 1 is 1.30 bits per heavy atom. The molecule has 0 aliphatic carbocycles. The summed E-state index contributed by atoms with van der Waals surface area (Å²) in [6.07, 6.45) is 6.17. The summed E-state index contributed by atoms with van der Waals surface area (Å²) in [5, 5.41) is 0. The predicted molar refractivity (Wildman–Crippen MR) is 79.7 cm³/mol. The van der Waals surface area contributed by atoms with Gasteiger partial charge in [0, 0.05) is 6.07 Å². The number of fused-ring (bicyclic) bond motifs is 1. The maximum absolute atomic E-state index is 12.3.